The van der Waals surface area contributed by atoms with E-state index in [1.54, 1.807) is 6.92 Å². The van der Waals surface area contributed by atoms with Crippen molar-refractivity contribution in [3.63, 3.8) is 0 Å². The Balaban J connectivity index is 1.77. The number of ketones is 1. The molecule has 0 saturated carbocycles. The molecule has 96 valence electrons. The number of hydrogen-bond donors (Lipinski definition) is 1. The fraction of sp³-hybridized carbons (Fsp3) is 0.833. The number of nitrogens with zero attached hydrogens (tertiary/aromatic N) is 2. The van der Waals surface area contributed by atoms with Crippen LogP contribution in [-0.2, 0) is 4.79 Å². The number of likely N-dealkylation sites (tertiary alicyclic amines) is 1. The minimum absolute atomic E-state index is 0.0484. The van der Waals surface area contributed by atoms with Crippen molar-refractivity contribution in [3.8, 4) is 0 Å². The summed E-state index contributed by atoms with van der Waals surface area (Å²) >= 11 is 0. The first-order chi connectivity index (χ1) is 8.16. The Labute approximate surface area is 102 Å². The summed E-state index contributed by atoms with van der Waals surface area (Å²) in [5.74, 6) is 0.265. The van der Waals surface area contributed by atoms with Crippen LogP contribution in [0.3, 0.4) is 0 Å². The fourth-order valence-electron chi connectivity index (χ4n) is 2.73. The molecule has 0 spiro atoms. The van der Waals surface area contributed by atoms with Gasteiger partial charge in [-0.1, -0.05) is 0 Å². The van der Waals surface area contributed by atoms with Gasteiger partial charge in [0.25, 0.3) is 0 Å². The first-order valence-electron chi connectivity index (χ1n) is 6.43. The second kappa shape index (κ2) is 5.49. The molecule has 2 saturated heterocycles. The molecule has 0 aromatic carbocycles. The van der Waals surface area contributed by atoms with Crippen molar-refractivity contribution in [2.24, 2.45) is 0 Å². The highest BCUT2D eigenvalue weighted by atomic mass is 16.2. The van der Waals surface area contributed by atoms with E-state index in [2.05, 4.69) is 10.2 Å². The molecule has 0 aliphatic carbocycles. The molecule has 1 atom stereocenters. The van der Waals surface area contributed by atoms with Crippen molar-refractivity contribution in [2.45, 2.75) is 32.2 Å². The molecular weight excluding hydrogens is 218 g/mol. The fourth-order valence-corrected chi connectivity index (χ4v) is 2.73. The second-order valence-electron chi connectivity index (χ2n) is 4.96. The van der Waals surface area contributed by atoms with Crippen LogP contribution < -0.4 is 5.32 Å². The van der Waals surface area contributed by atoms with Crippen LogP contribution in [0.25, 0.3) is 0 Å². The van der Waals surface area contributed by atoms with Crippen molar-refractivity contribution in [1.29, 1.82) is 0 Å². The SMILES string of the molecule is CC(=O)CC1CCCN1CCN1CCNC1=O. The van der Waals surface area contributed by atoms with Crippen LogP contribution in [0, 0.1) is 0 Å². The number of carbonyl (C=O) groups is 2. The zero-order valence-corrected chi connectivity index (χ0v) is 10.4. The lowest BCUT2D eigenvalue weighted by atomic mass is 10.1. The van der Waals surface area contributed by atoms with E-state index in [0.717, 1.165) is 39.1 Å². The summed E-state index contributed by atoms with van der Waals surface area (Å²) in [5, 5.41) is 2.80. The molecule has 2 fully saturated rings. The minimum atomic E-state index is 0.0484. The van der Waals surface area contributed by atoms with E-state index < -0.39 is 0 Å². The summed E-state index contributed by atoms with van der Waals surface area (Å²) in [5.41, 5.74) is 0. The van der Waals surface area contributed by atoms with Gasteiger partial charge < -0.3 is 10.2 Å². The molecule has 5 heteroatoms. The zero-order chi connectivity index (χ0) is 12.3. The van der Waals surface area contributed by atoms with Gasteiger partial charge in [0.05, 0.1) is 0 Å². The number of urea groups is 1. The number of carbonyl (C=O) groups excluding carboxylic acids is 2. The second-order valence-corrected chi connectivity index (χ2v) is 4.96. The Morgan fingerprint density at radius 2 is 2.24 bits per heavy atom. The summed E-state index contributed by atoms with van der Waals surface area (Å²) < 4.78 is 0. The first-order valence-corrected chi connectivity index (χ1v) is 6.43. The van der Waals surface area contributed by atoms with Crippen molar-refractivity contribution < 1.29 is 9.59 Å². The molecule has 5 nitrogen and oxygen atoms in total. The maximum absolute atomic E-state index is 11.4. The lowest BCUT2D eigenvalue weighted by Gasteiger charge is -2.25. The molecule has 1 unspecified atom stereocenters. The number of Topliss-reactive ketones (excluding diaryl/α,β-unsaturated/α-hetero) is 1. The van der Waals surface area contributed by atoms with E-state index in [1.807, 2.05) is 4.90 Å². The highest BCUT2D eigenvalue weighted by Gasteiger charge is 2.27. The van der Waals surface area contributed by atoms with Gasteiger partial charge in [-0.2, -0.15) is 0 Å². The van der Waals surface area contributed by atoms with Crippen molar-refractivity contribution in [1.82, 2.24) is 15.1 Å². The van der Waals surface area contributed by atoms with Gasteiger partial charge in [0.1, 0.15) is 5.78 Å². The molecule has 0 aromatic rings. The van der Waals surface area contributed by atoms with Crippen molar-refractivity contribution in [2.75, 3.05) is 32.7 Å². The molecule has 2 heterocycles. The largest absolute Gasteiger partial charge is 0.336 e. The van der Waals surface area contributed by atoms with Crippen molar-refractivity contribution in [3.05, 3.63) is 0 Å². The third kappa shape index (κ3) is 3.19. The Bertz CT molecular complexity index is 306. The van der Waals surface area contributed by atoms with Crippen LogP contribution >= 0.6 is 0 Å². The highest BCUT2D eigenvalue weighted by molar-refractivity contribution is 5.76. The number of rotatable bonds is 5. The lowest BCUT2D eigenvalue weighted by Crippen LogP contribution is -2.39. The normalized spacial score (nSPS) is 25.4. The standard InChI is InChI=1S/C12H21N3O2/c1-10(16)9-11-3-2-5-14(11)7-8-15-6-4-13-12(15)17/h11H,2-9H2,1H3,(H,13,17). The van der Waals surface area contributed by atoms with E-state index >= 15 is 0 Å². The smallest absolute Gasteiger partial charge is 0.317 e. The Morgan fingerprint density at radius 3 is 2.88 bits per heavy atom. The predicted octanol–water partition coefficient (Wildman–Crippen LogP) is 0.455. The molecule has 0 bridgehead atoms. The summed E-state index contributed by atoms with van der Waals surface area (Å²) in [6, 6.07) is 0.450. The highest BCUT2D eigenvalue weighted by Crippen LogP contribution is 2.20. The van der Waals surface area contributed by atoms with Crippen LogP contribution in [0.4, 0.5) is 4.79 Å². The van der Waals surface area contributed by atoms with Gasteiger partial charge in [-0.15, -0.1) is 0 Å². The number of hydrogen-bond acceptors (Lipinski definition) is 3. The molecule has 0 aromatic heterocycles. The molecule has 17 heavy (non-hydrogen) atoms. The third-order valence-corrected chi connectivity index (χ3v) is 3.62. The summed E-state index contributed by atoms with van der Waals surface area (Å²) in [7, 11) is 0. The van der Waals surface area contributed by atoms with Gasteiger partial charge in [-0.3, -0.25) is 9.69 Å². The van der Waals surface area contributed by atoms with E-state index in [-0.39, 0.29) is 11.8 Å². The van der Waals surface area contributed by atoms with E-state index in [1.165, 1.54) is 6.42 Å². The van der Waals surface area contributed by atoms with Crippen LogP contribution in [0.5, 0.6) is 0 Å². The average Bonchev–Trinajstić information content (AvgIpc) is 2.84. The van der Waals surface area contributed by atoms with Crippen LogP contribution in [-0.4, -0.2) is 60.4 Å². The van der Waals surface area contributed by atoms with Gasteiger partial charge >= 0.3 is 6.03 Å². The average molecular weight is 239 g/mol. The molecular formula is C12H21N3O2. The van der Waals surface area contributed by atoms with E-state index in [4.69, 9.17) is 0 Å². The quantitative estimate of drug-likeness (QED) is 0.758. The zero-order valence-electron chi connectivity index (χ0n) is 10.4. The van der Waals surface area contributed by atoms with Gasteiger partial charge in [0, 0.05) is 38.6 Å². The van der Waals surface area contributed by atoms with Crippen LogP contribution in [0.1, 0.15) is 26.2 Å². The van der Waals surface area contributed by atoms with Gasteiger partial charge in [0.15, 0.2) is 0 Å². The maximum atomic E-state index is 11.4. The van der Waals surface area contributed by atoms with E-state index in [9.17, 15) is 9.59 Å². The Morgan fingerprint density at radius 1 is 1.41 bits per heavy atom. The number of amides is 2. The summed E-state index contributed by atoms with van der Waals surface area (Å²) in [6.45, 7) is 5.96. The van der Waals surface area contributed by atoms with Crippen molar-refractivity contribution >= 4 is 11.8 Å². The molecule has 1 N–H and O–H groups in total. The van der Waals surface area contributed by atoms with Gasteiger partial charge in [-0.05, 0) is 26.3 Å². The maximum Gasteiger partial charge on any atom is 0.317 e. The van der Waals surface area contributed by atoms with Crippen LogP contribution in [0.2, 0.25) is 0 Å². The molecule has 0 radical (unpaired) electrons. The minimum Gasteiger partial charge on any atom is -0.336 e. The Kier molecular flexibility index (Phi) is 3.99. The molecule has 2 aliphatic rings. The molecule has 2 aliphatic heterocycles. The van der Waals surface area contributed by atoms with Crippen LogP contribution in [0.15, 0.2) is 0 Å². The number of nitrogens with one attached hydrogen (secondary N) is 1. The molecule has 2 rings (SSSR count). The van der Waals surface area contributed by atoms with E-state index in [0.29, 0.717) is 12.5 Å². The lowest BCUT2D eigenvalue weighted by molar-refractivity contribution is -0.118. The van der Waals surface area contributed by atoms with Gasteiger partial charge in [-0.25, -0.2) is 4.79 Å². The Hall–Kier alpha value is -1.10. The van der Waals surface area contributed by atoms with Gasteiger partial charge in [0.2, 0.25) is 0 Å². The third-order valence-electron chi connectivity index (χ3n) is 3.62. The predicted molar refractivity (Wildman–Crippen MR) is 64.9 cm³/mol. The topological polar surface area (TPSA) is 52.7 Å². The summed E-state index contributed by atoms with van der Waals surface area (Å²) in [4.78, 5) is 26.7. The summed E-state index contributed by atoms with van der Waals surface area (Å²) in [6.07, 6.45) is 2.95. The molecule has 2 amide bonds. The monoisotopic (exact) mass is 239 g/mol. The first kappa shape index (κ1) is 12.4.